The highest BCUT2D eigenvalue weighted by atomic mass is 19.4. The van der Waals surface area contributed by atoms with Crippen molar-refractivity contribution in [2.75, 3.05) is 0 Å². The summed E-state index contributed by atoms with van der Waals surface area (Å²) in [5.41, 5.74) is 0.994. The van der Waals surface area contributed by atoms with Gasteiger partial charge in [0.05, 0.1) is 0 Å². The van der Waals surface area contributed by atoms with Crippen LogP contribution in [0.3, 0.4) is 0 Å². The van der Waals surface area contributed by atoms with Crippen LogP contribution in [0.15, 0.2) is 24.3 Å². The van der Waals surface area contributed by atoms with Crippen molar-refractivity contribution < 1.29 is 26.7 Å². The zero-order valence-corrected chi connectivity index (χ0v) is 15.6. The van der Waals surface area contributed by atoms with Gasteiger partial charge in [-0.15, -0.1) is 0 Å². The Hall–Kier alpha value is -1.33. The molecule has 0 amide bonds. The van der Waals surface area contributed by atoms with E-state index in [-0.39, 0.29) is 0 Å². The molecule has 3 rings (SSSR count). The van der Waals surface area contributed by atoms with E-state index in [9.17, 15) is 22.0 Å². The molecule has 1 nitrogen and oxygen atoms in total. The summed E-state index contributed by atoms with van der Waals surface area (Å²) in [6.07, 6.45) is -1.13. The Labute approximate surface area is 157 Å². The number of ether oxygens (including phenoxy) is 1. The maximum atomic E-state index is 13.0. The molecule has 0 aromatic heterocycles. The summed E-state index contributed by atoms with van der Waals surface area (Å²) in [5.74, 6) is 2.35. The van der Waals surface area contributed by atoms with Crippen LogP contribution >= 0.6 is 0 Å². The molecule has 0 atom stereocenters. The Kier molecular flexibility index (Phi) is 6.02. The standard InChI is InChI=1S/C21H27F5O/c1-14-2-4-15(5-3-14)16-6-8-17(9-7-16)18-10-12-19(13-11-18)27-21(25,26)20(22,23)24/h10-17H,2-9H2,1H3. The van der Waals surface area contributed by atoms with Crippen molar-refractivity contribution in [3.05, 3.63) is 29.8 Å². The lowest BCUT2D eigenvalue weighted by atomic mass is 9.68. The molecule has 2 fully saturated rings. The van der Waals surface area contributed by atoms with Crippen molar-refractivity contribution >= 4 is 0 Å². The fourth-order valence-electron chi connectivity index (χ4n) is 4.70. The molecule has 1 aromatic carbocycles. The zero-order valence-electron chi connectivity index (χ0n) is 15.6. The van der Waals surface area contributed by atoms with Crippen LogP contribution in [0.5, 0.6) is 5.75 Å². The van der Waals surface area contributed by atoms with E-state index in [4.69, 9.17) is 0 Å². The number of hydrogen-bond donors (Lipinski definition) is 0. The van der Waals surface area contributed by atoms with Gasteiger partial charge in [0.15, 0.2) is 0 Å². The molecule has 0 saturated heterocycles. The summed E-state index contributed by atoms with van der Waals surface area (Å²) in [4.78, 5) is 0. The number of benzene rings is 1. The first-order chi connectivity index (χ1) is 12.7. The molecule has 0 unspecified atom stereocenters. The van der Waals surface area contributed by atoms with Crippen molar-refractivity contribution in [1.29, 1.82) is 0 Å². The molecule has 1 aromatic rings. The van der Waals surface area contributed by atoms with E-state index in [2.05, 4.69) is 11.7 Å². The Bertz CT molecular complexity index is 594. The van der Waals surface area contributed by atoms with Gasteiger partial charge in [-0.1, -0.05) is 31.9 Å². The predicted molar refractivity (Wildman–Crippen MR) is 93.9 cm³/mol. The minimum atomic E-state index is -5.72. The number of alkyl halides is 5. The summed E-state index contributed by atoms with van der Waals surface area (Å²) >= 11 is 0. The molecule has 0 N–H and O–H groups in total. The molecule has 0 radical (unpaired) electrons. The van der Waals surface area contributed by atoms with Gasteiger partial charge in [0.1, 0.15) is 5.75 Å². The third-order valence-corrected chi connectivity index (χ3v) is 6.43. The first-order valence-electron chi connectivity index (χ1n) is 9.89. The Morgan fingerprint density at radius 3 is 1.70 bits per heavy atom. The van der Waals surface area contributed by atoms with Crippen LogP contribution in [0, 0.1) is 17.8 Å². The van der Waals surface area contributed by atoms with Crippen LogP contribution in [0.1, 0.15) is 69.8 Å². The maximum Gasteiger partial charge on any atom is 0.499 e. The molecule has 2 aliphatic rings. The fraction of sp³-hybridized carbons (Fsp3) is 0.714. The molecule has 152 valence electrons. The highest BCUT2D eigenvalue weighted by molar-refractivity contribution is 5.30. The van der Waals surface area contributed by atoms with E-state index in [1.165, 1.54) is 50.7 Å². The van der Waals surface area contributed by atoms with E-state index in [1.807, 2.05) is 0 Å². The van der Waals surface area contributed by atoms with Crippen molar-refractivity contribution in [3.63, 3.8) is 0 Å². The van der Waals surface area contributed by atoms with Crippen molar-refractivity contribution in [3.8, 4) is 5.75 Å². The largest absolute Gasteiger partial charge is 0.499 e. The second kappa shape index (κ2) is 7.96. The molecule has 0 heterocycles. The summed E-state index contributed by atoms with van der Waals surface area (Å²) < 4.78 is 66.5. The number of rotatable bonds is 4. The lowest BCUT2D eigenvalue weighted by Gasteiger charge is -2.37. The average molecular weight is 390 g/mol. The summed E-state index contributed by atoms with van der Waals surface area (Å²) in [7, 11) is 0. The molecule has 0 aliphatic heterocycles. The van der Waals surface area contributed by atoms with Crippen molar-refractivity contribution in [1.82, 2.24) is 0 Å². The van der Waals surface area contributed by atoms with Gasteiger partial charge in [0.2, 0.25) is 0 Å². The lowest BCUT2D eigenvalue weighted by molar-refractivity contribution is -0.360. The SMILES string of the molecule is CC1CCC(C2CCC(c3ccc(OC(F)(F)C(F)(F)F)cc3)CC2)CC1. The lowest BCUT2D eigenvalue weighted by Crippen LogP contribution is -2.41. The van der Waals surface area contributed by atoms with Gasteiger partial charge in [-0.05, 0) is 79.9 Å². The summed E-state index contributed by atoms with van der Waals surface area (Å²) in [6, 6.07) is 5.66. The Balaban J connectivity index is 1.53. The summed E-state index contributed by atoms with van der Waals surface area (Å²) in [5, 5.41) is 0. The topological polar surface area (TPSA) is 9.23 Å². The first kappa shape index (κ1) is 20.4. The van der Waals surface area contributed by atoms with Gasteiger partial charge in [-0.2, -0.15) is 22.0 Å². The number of hydrogen-bond acceptors (Lipinski definition) is 1. The van der Waals surface area contributed by atoms with E-state index >= 15 is 0 Å². The number of halogens is 5. The monoisotopic (exact) mass is 390 g/mol. The Morgan fingerprint density at radius 1 is 0.741 bits per heavy atom. The van der Waals surface area contributed by atoms with Gasteiger partial charge in [0, 0.05) is 0 Å². The van der Waals surface area contributed by atoms with E-state index in [0.29, 0.717) is 5.92 Å². The average Bonchev–Trinajstić information content (AvgIpc) is 2.62. The molecule has 2 saturated carbocycles. The highest BCUT2D eigenvalue weighted by Crippen LogP contribution is 2.44. The smallest absolute Gasteiger partial charge is 0.426 e. The highest BCUT2D eigenvalue weighted by Gasteiger charge is 2.61. The Morgan fingerprint density at radius 2 is 1.22 bits per heavy atom. The maximum absolute atomic E-state index is 13.0. The van der Waals surface area contributed by atoms with E-state index < -0.39 is 18.0 Å². The minimum absolute atomic E-state index is 0.348. The molecule has 0 spiro atoms. The second-order valence-corrected chi connectivity index (χ2v) is 8.32. The summed E-state index contributed by atoms with van der Waals surface area (Å²) in [6.45, 7) is 2.32. The van der Waals surface area contributed by atoms with E-state index in [0.717, 1.165) is 36.2 Å². The normalized spacial score (nSPS) is 30.1. The van der Waals surface area contributed by atoms with Gasteiger partial charge in [-0.25, -0.2) is 0 Å². The van der Waals surface area contributed by atoms with Crippen LogP contribution in [0.2, 0.25) is 0 Å². The van der Waals surface area contributed by atoms with E-state index in [1.54, 1.807) is 12.1 Å². The van der Waals surface area contributed by atoms with Crippen LogP contribution in [0.4, 0.5) is 22.0 Å². The first-order valence-corrected chi connectivity index (χ1v) is 9.89. The van der Waals surface area contributed by atoms with Gasteiger partial charge < -0.3 is 4.74 Å². The second-order valence-electron chi connectivity index (χ2n) is 8.32. The third-order valence-electron chi connectivity index (χ3n) is 6.43. The quantitative estimate of drug-likeness (QED) is 0.489. The van der Waals surface area contributed by atoms with Crippen molar-refractivity contribution in [2.45, 2.75) is 76.5 Å². The molecular formula is C21H27F5O. The molecule has 0 bridgehead atoms. The third kappa shape index (κ3) is 4.94. The van der Waals surface area contributed by atoms with Crippen LogP contribution < -0.4 is 4.74 Å². The van der Waals surface area contributed by atoms with Gasteiger partial charge >= 0.3 is 12.3 Å². The van der Waals surface area contributed by atoms with Crippen LogP contribution in [-0.4, -0.2) is 12.3 Å². The molecule has 6 heteroatoms. The predicted octanol–water partition coefficient (Wildman–Crippen LogP) is 7.32. The minimum Gasteiger partial charge on any atom is -0.426 e. The van der Waals surface area contributed by atoms with Crippen molar-refractivity contribution in [2.24, 2.45) is 17.8 Å². The molecular weight excluding hydrogens is 363 g/mol. The van der Waals surface area contributed by atoms with Gasteiger partial charge in [0.25, 0.3) is 0 Å². The molecule has 2 aliphatic carbocycles. The zero-order chi connectivity index (χ0) is 19.7. The molecule has 27 heavy (non-hydrogen) atoms. The van der Waals surface area contributed by atoms with Crippen LogP contribution in [-0.2, 0) is 0 Å². The van der Waals surface area contributed by atoms with Crippen LogP contribution in [0.25, 0.3) is 0 Å². The van der Waals surface area contributed by atoms with Gasteiger partial charge in [-0.3, -0.25) is 0 Å². The fourth-order valence-corrected chi connectivity index (χ4v) is 4.70.